The van der Waals surface area contributed by atoms with Gasteiger partial charge in [-0.25, -0.2) is 9.38 Å². The average Bonchev–Trinajstić information content (AvgIpc) is 2.49. The molecule has 0 aromatic heterocycles. The predicted octanol–water partition coefficient (Wildman–Crippen LogP) is 3.02. The van der Waals surface area contributed by atoms with Crippen molar-refractivity contribution in [1.29, 1.82) is 0 Å². The van der Waals surface area contributed by atoms with E-state index in [0.717, 1.165) is 30.2 Å². The van der Waals surface area contributed by atoms with Crippen molar-refractivity contribution < 1.29 is 13.9 Å². The molecule has 1 heterocycles. The Hall–Kier alpha value is -1.09. The van der Waals surface area contributed by atoms with E-state index in [0.29, 0.717) is 24.8 Å². The number of fused-ring (bicyclic) bond motifs is 1. The molecule has 0 aliphatic carbocycles. The van der Waals surface area contributed by atoms with Gasteiger partial charge >= 0.3 is 0 Å². The smallest absolute Gasteiger partial charge is 0.191 e. The summed E-state index contributed by atoms with van der Waals surface area (Å²) in [7, 11) is 0. The van der Waals surface area contributed by atoms with Crippen molar-refractivity contribution in [1.82, 2.24) is 10.6 Å². The second-order valence-corrected chi connectivity index (χ2v) is 5.63. The monoisotopic (exact) mass is 437 g/mol. The average molecular weight is 437 g/mol. The van der Waals surface area contributed by atoms with E-state index < -0.39 is 0 Å². The Balaban J connectivity index is 0.00000264. The van der Waals surface area contributed by atoms with Gasteiger partial charge in [0.25, 0.3) is 0 Å². The lowest BCUT2D eigenvalue weighted by Crippen LogP contribution is -2.39. The van der Waals surface area contributed by atoms with Gasteiger partial charge in [0.15, 0.2) is 12.8 Å². The molecule has 0 saturated heterocycles. The molecule has 0 atom stereocenters. The van der Waals surface area contributed by atoms with Crippen LogP contribution in [0.5, 0.6) is 5.75 Å². The third-order valence-corrected chi connectivity index (χ3v) is 3.18. The zero-order valence-corrected chi connectivity index (χ0v) is 16.1. The minimum Gasteiger partial charge on any atom is -0.467 e. The number of nitrogens with one attached hydrogen (secondary N) is 2. The normalized spacial score (nSPS) is 13.9. The second-order valence-electron chi connectivity index (χ2n) is 5.63. The zero-order chi connectivity index (χ0) is 15.9. The lowest BCUT2D eigenvalue weighted by Gasteiger charge is -2.20. The highest BCUT2D eigenvalue weighted by molar-refractivity contribution is 14.0. The molecule has 7 heteroatoms. The highest BCUT2D eigenvalue weighted by atomic mass is 127. The molecule has 1 aromatic carbocycles. The standard InChI is InChI=1S/C16H24FN3O2.HI/c1-4-18-16(19-7-11(2)3)20-8-12-5-14(17)6-13-9-21-10-22-15(12)13;/h5-6,11H,4,7-10H2,1-3H3,(H2,18,19,20);1H. The van der Waals surface area contributed by atoms with Gasteiger partial charge in [0.1, 0.15) is 11.6 Å². The molecule has 0 amide bonds. The molecule has 2 rings (SSSR count). The Kier molecular flexibility index (Phi) is 8.60. The van der Waals surface area contributed by atoms with Gasteiger partial charge in [0.2, 0.25) is 0 Å². The molecular weight excluding hydrogens is 412 g/mol. The van der Waals surface area contributed by atoms with E-state index in [4.69, 9.17) is 9.47 Å². The van der Waals surface area contributed by atoms with Gasteiger partial charge in [-0.1, -0.05) is 13.8 Å². The number of ether oxygens (including phenoxy) is 2. The van der Waals surface area contributed by atoms with Gasteiger partial charge in [-0.05, 0) is 25.0 Å². The van der Waals surface area contributed by atoms with Gasteiger partial charge in [0.05, 0.1) is 13.2 Å². The Morgan fingerprint density at radius 2 is 2.13 bits per heavy atom. The Labute approximate surface area is 154 Å². The molecule has 5 nitrogen and oxygen atoms in total. The van der Waals surface area contributed by atoms with Crippen LogP contribution in [-0.2, 0) is 17.9 Å². The molecule has 0 spiro atoms. The van der Waals surface area contributed by atoms with E-state index >= 15 is 0 Å². The van der Waals surface area contributed by atoms with Crippen molar-refractivity contribution >= 4 is 29.9 Å². The number of guanidine groups is 1. The number of benzene rings is 1. The largest absolute Gasteiger partial charge is 0.467 e. The fraction of sp³-hybridized carbons (Fsp3) is 0.562. The van der Waals surface area contributed by atoms with Crippen molar-refractivity contribution in [3.63, 3.8) is 0 Å². The summed E-state index contributed by atoms with van der Waals surface area (Å²) >= 11 is 0. The van der Waals surface area contributed by atoms with E-state index in [-0.39, 0.29) is 36.6 Å². The van der Waals surface area contributed by atoms with Crippen LogP contribution >= 0.6 is 24.0 Å². The topological polar surface area (TPSA) is 54.9 Å². The van der Waals surface area contributed by atoms with E-state index in [1.165, 1.54) is 12.1 Å². The number of aliphatic imine (C=N–C) groups is 1. The van der Waals surface area contributed by atoms with Crippen molar-refractivity contribution in [2.24, 2.45) is 10.9 Å². The molecule has 130 valence electrons. The summed E-state index contributed by atoms with van der Waals surface area (Å²) in [5, 5.41) is 6.45. The van der Waals surface area contributed by atoms with Crippen LogP contribution in [0.25, 0.3) is 0 Å². The molecule has 1 aromatic rings. The van der Waals surface area contributed by atoms with Crippen LogP contribution < -0.4 is 15.4 Å². The van der Waals surface area contributed by atoms with Crippen molar-refractivity contribution in [3.05, 3.63) is 29.1 Å². The minimum atomic E-state index is -0.293. The van der Waals surface area contributed by atoms with E-state index in [1.54, 1.807) is 0 Å². The van der Waals surface area contributed by atoms with Crippen LogP contribution in [0.3, 0.4) is 0 Å². The van der Waals surface area contributed by atoms with E-state index in [2.05, 4.69) is 29.5 Å². The molecule has 0 radical (unpaired) electrons. The van der Waals surface area contributed by atoms with Gasteiger partial charge < -0.3 is 20.1 Å². The first kappa shape index (κ1) is 20.0. The van der Waals surface area contributed by atoms with Crippen molar-refractivity contribution in [2.75, 3.05) is 19.9 Å². The lowest BCUT2D eigenvalue weighted by atomic mass is 10.1. The summed E-state index contributed by atoms with van der Waals surface area (Å²) in [6.07, 6.45) is 0. The number of hydrogen-bond acceptors (Lipinski definition) is 3. The van der Waals surface area contributed by atoms with Crippen molar-refractivity contribution in [2.45, 2.75) is 33.9 Å². The molecule has 23 heavy (non-hydrogen) atoms. The maximum Gasteiger partial charge on any atom is 0.191 e. The molecular formula is C16H25FIN3O2. The van der Waals surface area contributed by atoms with Gasteiger partial charge in [-0.15, -0.1) is 24.0 Å². The first-order chi connectivity index (χ1) is 10.6. The molecule has 0 fully saturated rings. The third kappa shape index (κ3) is 6.14. The quantitative estimate of drug-likeness (QED) is 0.423. The van der Waals surface area contributed by atoms with Gasteiger partial charge in [0, 0.05) is 24.2 Å². The molecule has 1 aliphatic rings. The summed E-state index contributed by atoms with van der Waals surface area (Å²) < 4.78 is 24.4. The van der Waals surface area contributed by atoms with E-state index in [9.17, 15) is 4.39 Å². The molecule has 0 bridgehead atoms. The molecule has 2 N–H and O–H groups in total. The maximum absolute atomic E-state index is 13.7. The molecule has 0 saturated carbocycles. The highest BCUT2D eigenvalue weighted by Crippen LogP contribution is 2.29. The van der Waals surface area contributed by atoms with Crippen LogP contribution in [0.1, 0.15) is 31.9 Å². The van der Waals surface area contributed by atoms with Crippen LogP contribution in [0.4, 0.5) is 4.39 Å². The molecule has 0 unspecified atom stereocenters. The zero-order valence-electron chi connectivity index (χ0n) is 13.8. The van der Waals surface area contributed by atoms with Crippen LogP contribution in [0.2, 0.25) is 0 Å². The van der Waals surface area contributed by atoms with Crippen LogP contribution in [-0.4, -0.2) is 25.8 Å². The van der Waals surface area contributed by atoms with Crippen LogP contribution in [0, 0.1) is 11.7 Å². The third-order valence-electron chi connectivity index (χ3n) is 3.18. The number of hydrogen-bond donors (Lipinski definition) is 2. The predicted molar refractivity (Wildman–Crippen MR) is 99.8 cm³/mol. The fourth-order valence-corrected chi connectivity index (χ4v) is 2.18. The summed E-state index contributed by atoms with van der Waals surface area (Å²) in [6, 6.07) is 2.92. The first-order valence-corrected chi connectivity index (χ1v) is 7.64. The minimum absolute atomic E-state index is 0. The second kappa shape index (κ2) is 9.92. The van der Waals surface area contributed by atoms with Crippen molar-refractivity contribution in [3.8, 4) is 5.75 Å². The Bertz CT molecular complexity index is 538. The highest BCUT2D eigenvalue weighted by Gasteiger charge is 2.16. The lowest BCUT2D eigenvalue weighted by molar-refractivity contribution is -0.0172. The van der Waals surface area contributed by atoms with Crippen LogP contribution in [0.15, 0.2) is 17.1 Å². The number of halogens is 2. The Morgan fingerprint density at radius 1 is 1.35 bits per heavy atom. The van der Waals surface area contributed by atoms with Gasteiger partial charge in [-0.3, -0.25) is 0 Å². The summed E-state index contributed by atoms with van der Waals surface area (Å²) in [5.41, 5.74) is 1.47. The number of nitrogens with zero attached hydrogens (tertiary/aromatic N) is 1. The summed E-state index contributed by atoms with van der Waals surface area (Å²) in [5.74, 6) is 1.64. The SMILES string of the molecule is CCNC(=NCc1cc(F)cc2c1OCOC2)NCC(C)C.I. The molecule has 1 aliphatic heterocycles. The first-order valence-electron chi connectivity index (χ1n) is 7.64. The van der Waals surface area contributed by atoms with E-state index in [1.807, 2.05) is 6.92 Å². The summed E-state index contributed by atoms with van der Waals surface area (Å²) in [6.45, 7) is 8.80. The van der Waals surface area contributed by atoms with Gasteiger partial charge in [-0.2, -0.15) is 0 Å². The maximum atomic E-state index is 13.7. The fourth-order valence-electron chi connectivity index (χ4n) is 2.18. The number of rotatable bonds is 5. The Morgan fingerprint density at radius 3 is 2.83 bits per heavy atom. The summed E-state index contributed by atoms with van der Waals surface area (Å²) in [4.78, 5) is 4.51.